The van der Waals surface area contributed by atoms with Crippen LogP contribution < -0.4 is 5.32 Å². The molecule has 2 heterocycles. The number of carbonyl (C=O) groups is 1. The second kappa shape index (κ2) is 4.53. The van der Waals surface area contributed by atoms with Gasteiger partial charge < -0.3 is 15.3 Å². The van der Waals surface area contributed by atoms with Gasteiger partial charge in [0.25, 0.3) is 5.91 Å². The number of aliphatic hydroxyl groups is 1. The molecular formula is C11H16N2O2S. The van der Waals surface area contributed by atoms with Gasteiger partial charge in [0.1, 0.15) is 0 Å². The van der Waals surface area contributed by atoms with Crippen molar-refractivity contribution < 1.29 is 9.90 Å². The summed E-state index contributed by atoms with van der Waals surface area (Å²) in [5, 5.41) is 12.8. The van der Waals surface area contributed by atoms with E-state index < -0.39 is 6.10 Å². The fourth-order valence-electron chi connectivity index (χ4n) is 1.92. The third-order valence-corrected chi connectivity index (χ3v) is 3.91. The second-order valence-corrected chi connectivity index (χ2v) is 5.41. The van der Waals surface area contributed by atoms with Crippen LogP contribution in [-0.4, -0.2) is 48.2 Å². The number of thiophene rings is 1. The number of aliphatic hydroxyl groups excluding tert-OH is 1. The molecule has 1 saturated heterocycles. The Hall–Kier alpha value is -0.910. The highest BCUT2D eigenvalue weighted by Gasteiger charge is 2.31. The number of hydrogen-bond acceptors (Lipinski definition) is 4. The third kappa shape index (κ3) is 2.11. The zero-order chi connectivity index (χ0) is 11.7. The average Bonchev–Trinajstić information content (AvgIpc) is 2.85. The molecule has 1 fully saturated rings. The molecule has 1 aromatic rings. The first-order chi connectivity index (χ1) is 7.59. The fraction of sp³-hybridized carbons (Fsp3) is 0.545. The molecule has 1 aromatic heterocycles. The van der Waals surface area contributed by atoms with E-state index in [4.69, 9.17) is 0 Å². The van der Waals surface area contributed by atoms with Crippen LogP contribution >= 0.6 is 11.3 Å². The molecule has 1 aliphatic rings. The van der Waals surface area contributed by atoms with Gasteiger partial charge >= 0.3 is 0 Å². The lowest BCUT2D eigenvalue weighted by Crippen LogP contribution is -2.44. The number of aryl methyl sites for hydroxylation is 1. The number of nitrogens with one attached hydrogen (secondary N) is 1. The summed E-state index contributed by atoms with van der Waals surface area (Å²) < 4.78 is 0. The van der Waals surface area contributed by atoms with Gasteiger partial charge in [0.2, 0.25) is 0 Å². The van der Waals surface area contributed by atoms with Crippen LogP contribution in [0.15, 0.2) is 12.1 Å². The molecule has 0 bridgehead atoms. The maximum atomic E-state index is 12.1. The van der Waals surface area contributed by atoms with E-state index >= 15 is 0 Å². The Labute approximate surface area is 98.9 Å². The number of rotatable bonds is 2. The number of β-amino-alcohol motifs (C(OH)–C–C–N with tert-alkyl or cyclic N) is 1. The smallest absolute Gasteiger partial charge is 0.264 e. The average molecular weight is 240 g/mol. The third-order valence-electron chi connectivity index (χ3n) is 2.92. The van der Waals surface area contributed by atoms with Crippen LogP contribution in [0.25, 0.3) is 0 Å². The Balaban J connectivity index is 2.10. The highest BCUT2D eigenvalue weighted by atomic mass is 32.1. The van der Waals surface area contributed by atoms with Crippen LogP contribution in [-0.2, 0) is 0 Å². The summed E-state index contributed by atoms with van der Waals surface area (Å²) in [4.78, 5) is 15.6. The zero-order valence-corrected chi connectivity index (χ0v) is 10.3. The van der Waals surface area contributed by atoms with Crippen molar-refractivity contribution in [3.8, 4) is 0 Å². The maximum Gasteiger partial charge on any atom is 0.264 e. The molecule has 2 rings (SSSR count). The first kappa shape index (κ1) is 11.6. The summed E-state index contributed by atoms with van der Waals surface area (Å²) in [6, 6.07) is 3.66. The Morgan fingerprint density at radius 1 is 1.56 bits per heavy atom. The van der Waals surface area contributed by atoms with E-state index in [9.17, 15) is 9.90 Å². The molecule has 0 saturated carbocycles. The molecule has 2 N–H and O–H groups in total. The molecule has 0 aromatic carbocycles. The summed E-state index contributed by atoms with van der Waals surface area (Å²) in [7, 11) is 1.75. The lowest BCUT2D eigenvalue weighted by Gasteiger charge is -2.25. The zero-order valence-electron chi connectivity index (χ0n) is 9.43. The van der Waals surface area contributed by atoms with E-state index in [1.54, 1.807) is 11.9 Å². The number of hydrogen-bond donors (Lipinski definition) is 2. The molecule has 0 aliphatic carbocycles. The number of carbonyl (C=O) groups excluding carboxylic acids is 1. The largest absolute Gasteiger partial charge is 0.390 e. The van der Waals surface area contributed by atoms with Crippen LogP contribution in [0, 0.1) is 6.92 Å². The Morgan fingerprint density at radius 2 is 2.31 bits per heavy atom. The predicted octanol–water partition coefficient (Wildman–Crippen LogP) is 0.461. The minimum Gasteiger partial charge on any atom is -0.390 e. The van der Waals surface area contributed by atoms with Gasteiger partial charge in [-0.15, -0.1) is 11.3 Å². The Bertz CT molecular complexity index is 391. The number of nitrogens with zero attached hydrogens (tertiary/aromatic N) is 1. The summed E-state index contributed by atoms with van der Waals surface area (Å²) in [5.41, 5.74) is 0. The first-order valence-corrected chi connectivity index (χ1v) is 6.13. The quantitative estimate of drug-likeness (QED) is 0.789. The topological polar surface area (TPSA) is 52.6 Å². The van der Waals surface area contributed by atoms with Crippen molar-refractivity contribution in [3.05, 3.63) is 21.9 Å². The molecule has 1 amide bonds. The van der Waals surface area contributed by atoms with Gasteiger partial charge in [-0.1, -0.05) is 0 Å². The molecule has 2 unspecified atom stereocenters. The van der Waals surface area contributed by atoms with Crippen molar-refractivity contribution in [3.63, 3.8) is 0 Å². The maximum absolute atomic E-state index is 12.1. The van der Waals surface area contributed by atoms with Gasteiger partial charge in [0.15, 0.2) is 0 Å². The van der Waals surface area contributed by atoms with Gasteiger partial charge in [-0.05, 0) is 19.1 Å². The van der Waals surface area contributed by atoms with E-state index in [2.05, 4.69) is 5.32 Å². The molecule has 2 atom stereocenters. The predicted molar refractivity (Wildman–Crippen MR) is 63.8 cm³/mol. The number of likely N-dealkylation sites (N-methyl/N-ethyl adjacent to an activating group) is 1. The van der Waals surface area contributed by atoms with Crippen LogP contribution in [0.1, 0.15) is 14.5 Å². The minimum absolute atomic E-state index is 0.00847. The summed E-state index contributed by atoms with van der Waals surface area (Å²) >= 11 is 1.49. The van der Waals surface area contributed by atoms with Gasteiger partial charge in [-0.2, -0.15) is 0 Å². The van der Waals surface area contributed by atoms with Crippen LogP contribution in [0.2, 0.25) is 0 Å². The minimum atomic E-state index is -0.463. The highest BCUT2D eigenvalue weighted by molar-refractivity contribution is 7.13. The molecule has 16 heavy (non-hydrogen) atoms. The summed E-state index contributed by atoms with van der Waals surface area (Å²) in [6.07, 6.45) is -0.463. The van der Waals surface area contributed by atoms with E-state index in [-0.39, 0.29) is 11.9 Å². The van der Waals surface area contributed by atoms with Gasteiger partial charge in [-0.25, -0.2) is 0 Å². The van der Waals surface area contributed by atoms with Crippen molar-refractivity contribution in [1.82, 2.24) is 10.2 Å². The molecule has 5 heteroatoms. The van der Waals surface area contributed by atoms with E-state index in [1.165, 1.54) is 11.3 Å². The van der Waals surface area contributed by atoms with Crippen molar-refractivity contribution in [2.45, 2.75) is 19.1 Å². The summed E-state index contributed by atoms with van der Waals surface area (Å²) in [5.74, 6) is -0.00847. The Morgan fingerprint density at radius 3 is 2.81 bits per heavy atom. The van der Waals surface area contributed by atoms with Gasteiger partial charge in [0, 0.05) is 25.0 Å². The molecular weight excluding hydrogens is 224 g/mol. The standard InChI is InChI=1S/C11H16N2O2S/c1-7-3-4-10(16-7)11(15)13(2)8-5-12-6-9(8)14/h3-4,8-9,12,14H,5-6H2,1-2H3. The van der Waals surface area contributed by atoms with E-state index in [0.29, 0.717) is 13.1 Å². The van der Waals surface area contributed by atoms with Crippen molar-refractivity contribution in [2.75, 3.05) is 20.1 Å². The van der Waals surface area contributed by atoms with Gasteiger partial charge in [0.05, 0.1) is 17.0 Å². The molecule has 4 nitrogen and oxygen atoms in total. The second-order valence-electron chi connectivity index (χ2n) is 4.12. The van der Waals surface area contributed by atoms with Crippen molar-refractivity contribution in [2.24, 2.45) is 0 Å². The first-order valence-electron chi connectivity index (χ1n) is 5.32. The Kier molecular flexibility index (Phi) is 3.28. The monoisotopic (exact) mass is 240 g/mol. The lowest BCUT2D eigenvalue weighted by atomic mass is 10.2. The molecule has 0 spiro atoms. The van der Waals surface area contributed by atoms with E-state index in [1.807, 2.05) is 19.1 Å². The van der Waals surface area contributed by atoms with Crippen molar-refractivity contribution >= 4 is 17.2 Å². The highest BCUT2D eigenvalue weighted by Crippen LogP contribution is 2.19. The van der Waals surface area contributed by atoms with Gasteiger partial charge in [-0.3, -0.25) is 4.79 Å². The molecule has 0 radical (unpaired) electrons. The normalized spacial score (nSPS) is 24.7. The fourth-order valence-corrected chi connectivity index (χ4v) is 2.77. The van der Waals surface area contributed by atoms with Crippen LogP contribution in [0.3, 0.4) is 0 Å². The van der Waals surface area contributed by atoms with E-state index in [0.717, 1.165) is 9.75 Å². The summed E-state index contributed by atoms with van der Waals surface area (Å²) in [6.45, 7) is 3.20. The number of amides is 1. The molecule has 88 valence electrons. The molecule has 1 aliphatic heterocycles. The van der Waals surface area contributed by atoms with Crippen molar-refractivity contribution in [1.29, 1.82) is 0 Å². The van der Waals surface area contributed by atoms with Crippen LogP contribution in [0.4, 0.5) is 0 Å². The van der Waals surface area contributed by atoms with Crippen LogP contribution in [0.5, 0.6) is 0 Å². The lowest BCUT2D eigenvalue weighted by molar-refractivity contribution is 0.0585. The SMILES string of the molecule is Cc1ccc(C(=O)N(C)C2CNCC2O)s1.